The molecule has 2 nitrogen and oxygen atoms in total. The Labute approximate surface area is 247 Å². The third kappa shape index (κ3) is 3.64. The van der Waals surface area contributed by atoms with Gasteiger partial charge in [-0.05, 0) is 78.2 Å². The Morgan fingerprint density at radius 1 is 0.452 bits per heavy atom. The van der Waals surface area contributed by atoms with Gasteiger partial charge in [0.25, 0.3) is 0 Å². The quantitative estimate of drug-likeness (QED) is 0.205. The van der Waals surface area contributed by atoms with E-state index in [4.69, 9.17) is 0 Å². The number of benzene rings is 6. The molecule has 0 saturated heterocycles. The van der Waals surface area contributed by atoms with E-state index < -0.39 is 0 Å². The van der Waals surface area contributed by atoms with Crippen molar-refractivity contribution in [1.82, 2.24) is 9.13 Å². The molecule has 0 saturated carbocycles. The molecule has 9 rings (SSSR count). The van der Waals surface area contributed by atoms with Crippen molar-refractivity contribution in [2.24, 2.45) is 0 Å². The zero-order valence-electron chi connectivity index (χ0n) is 22.9. The molecule has 0 N–H and O–H groups in total. The molecule has 0 aliphatic heterocycles. The van der Waals surface area contributed by atoms with Gasteiger partial charge in [-0.25, -0.2) is 0 Å². The average molecular weight is 555 g/mol. The van der Waals surface area contributed by atoms with E-state index >= 15 is 0 Å². The summed E-state index contributed by atoms with van der Waals surface area (Å²) in [7, 11) is 0. The van der Waals surface area contributed by atoms with Crippen LogP contribution in [0.15, 0.2) is 146 Å². The zero-order valence-corrected chi connectivity index (χ0v) is 23.7. The van der Waals surface area contributed by atoms with Gasteiger partial charge in [0.2, 0.25) is 0 Å². The molecule has 0 atom stereocenters. The Bertz CT molecular complexity index is 2410. The maximum atomic E-state index is 2.46. The van der Waals surface area contributed by atoms with Gasteiger partial charge < -0.3 is 9.13 Å². The third-order valence-corrected chi connectivity index (χ3v) is 9.69. The summed E-state index contributed by atoms with van der Waals surface area (Å²) in [5.41, 5.74) is 8.70. The van der Waals surface area contributed by atoms with Gasteiger partial charge in [0.1, 0.15) is 0 Å². The average Bonchev–Trinajstić information content (AvgIpc) is 3.71. The second kappa shape index (κ2) is 9.20. The van der Waals surface area contributed by atoms with Crippen molar-refractivity contribution in [2.75, 3.05) is 0 Å². The van der Waals surface area contributed by atoms with Gasteiger partial charge in [0, 0.05) is 53.9 Å². The van der Waals surface area contributed by atoms with Crippen LogP contribution in [-0.4, -0.2) is 9.13 Å². The molecule has 198 valence electrons. The van der Waals surface area contributed by atoms with Crippen LogP contribution in [-0.2, 0) is 6.42 Å². The lowest BCUT2D eigenvalue weighted by atomic mass is 10.0. The number of thiophene rings is 1. The van der Waals surface area contributed by atoms with Crippen LogP contribution in [0.5, 0.6) is 0 Å². The van der Waals surface area contributed by atoms with E-state index in [9.17, 15) is 0 Å². The predicted molar refractivity (Wildman–Crippen MR) is 180 cm³/mol. The van der Waals surface area contributed by atoms with Crippen molar-refractivity contribution in [2.45, 2.75) is 6.42 Å². The highest BCUT2D eigenvalue weighted by Gasteiger charge is 2.18. The fourth-order valence-corrected chi connectivity index (χ4v) is 7.67. The van der Waals surface area contributed by atoms with Gasteiger partial charge in [0.05, 0.1) is 16.6 Å². The molecular weight excluding hydrogens is 529 g/mol. The number of para-hydroxylation sites is 1. The monoisotopic (exact) mass is 554 g/mol. The number of hydrogen-bond acceptors (Lipinski definition) is 1. The molecule has 3 heteroatoms. The first-order chi connectivity index (χ1) is 20.8. The van der Waals surface area contributed by atoms with E-state index in [0.717, 1.165) is 6.42 Å². The van der Waals surface area contributed by atoms with Crippen LogP contribution in [0.2, 0.25) is 0 Å². The minimum atomic E-state index is 0.932. The number of nitrogens with zero attached hydrogens (tertiary/aromatic N) is 2. The molecule has 3 heterocycles. The Morgan fingerprint density at radius 3 is 1.98 bits per heavy atom. The summed E-state index contributed by atoms with van der Waals surface area (Å²) in [5.74, 6) is 0. The molecule has 0 fully saturated rings. The highest BCUT2D eigenvalue weighted by molar-refractivity contribution is 7.25. The Balaban J connectivity index is 1.31. The van der Waals surface area contributed by atoms with Crippen molar-refractivity contribution >= 4 is 64.2 Å². The SMILES string of the molecule is c1ccc(Cc2ccc(-n3c4cc5sc6ccccc6c5cc4c4cc5ccn(-c6ccccc6)c5cc43)cc2)cc1. The number of aromatic nitrogens is 2. The minimum Gasteiger partial charge on any atom is -0.316 e. The molecule has 0 radical (unpaired) electrons. The Kier molecular flexibility index (Phi) is 5.16. The third-order valence-electron chi connectivity index (χ3n) is 8.55. The summed E-state index contributed by atoms with van der Waals surface area (Å²) in [4.78, 5) is 0. The molecule has 9 aromatic rings. The van der Waals surface area contributed by atoms with E-state index in [0.29, 0.717) is 0 Å². The molecule has 0 aliphatic carbocycles. The summed E-state index contributed by atoms with van der Waals surface area (Å²) < 4.78 is 7.42. The van der Waals surface area contributed by atoms with Gasteiger partial charge in [-0.1, -0.05) is 78.9 Å². The Hall–Kier alpha value is -5.12. The van der Waals surface area contributed by atoms with Crippen molar-refractivity contribution in [3.05, 3.63) is 157 Å². The fourth-order valence-electron chi connectivity index (χ4n) is 6.55. The first kappa shape index (κ1) is 23.6. The first-order valence-corrected chi connectivity index (χ1v) is 15.2. The lowest BCUT2D eigenvalue weighted by molar-refractivity contribution is 1.12. The van der Waals surface area contributed by atoms with Gasteiger partial charge >= 0.3 is 0 Å². The lowest BCUT2D eigenvalue weighted by Gasteiger charge is -2.11. The molecule has 0 unspecified atom stereocenters. The van der Waals surface area contributed by atoms with E-state index in [2.05, 4.69) is 155 Å². The summed E-state index contributed by atoms with van der Waals surface area (Å²) in [6.45, 7) is 0. The Morgan fingerprint density at radius 2 is 1.14 bits per heavy atom. The van der Waals surface area contributed by atoms with Crippen LogP contribution in [0.1, 0.15) is 11.1 Å². The van der Waals surface area contributed by atoms with E-state index in [1.807, 2.05) is 11.3 Å². The van der Waals surface area contributed by atoms with E-state index in [1.54, 1.807) is 0 Å². The largest absolute Gasteiger partial charge is 0.316 e. The molecule has 0 aliphatic rings. The van der Waals surface area contributed by atoms with E-state index in [1.165, 1.54) is 75.4 Å². The topological polar surface area (TPSA) is 9.86 Å². The van der Waals surface area contributed by atoms with Crippen LogP contribution in [0.4, 0.5) is 0 Å². The van der Waals surface area contributed by atoms with Crippen LogP contribution in [0, 0.1) is 0 Å². The normalized spacial score (nSPS) is 11.9. The van der Waals surface area contributed by atoms with Crippen LogP contribution >= 0.6 is 11.3 Å². The van der Waals surface area contributed by atoms with Gasteiger partial charge in [0.15, 0.2) is 0 Å². The number of fused-ring (bicyclic) bond motifs is 7. The van der Waals surface area contributed by atoms with Crippen LogP contribution in [0.3, 0.4) is 0 Å². The fraction of sp³-hybridized carbons (Fsp3) is 0.0256. The second-order valence-electron chi connectivity index (χ2n) is 11.1. The van der Waals surface area contributed by atoms with Gasteiger partial charge in [-0.3, -0.25) is 0 Å². The summed E-state index contributed by atoms with van der Waals surface area (Å²) >= 11 is 1.88. The summed E-state index contributed by atoms with van der Waals surface area (Å²) in [6.07, 6.45) is 3.12. The van der Waals surface area contributed by atoms with Crippen molar-refractivity contribution in [3.8, 4) is 11.4 Å². The highest BCUT2D eigenvalue weighted by Crippen LogP contribution is 2.41. The molecule has 0 bridgehead atoms. The first-order valence-electron chi connectivity index (χ1n) is 14.4. The molecule has 0 amide bonds. The standard InChI is InChI=1S/C39H26N2S/c1-3-9-26(10-4-1)21-27-15-17-30(18-16-27)41-36-24-35-28(19-20-40(35)29-11-5-2-6-12-29)22-32(36)33-23-34-31-13-7-8-14-38(31)42-39(34)25-37(33)41/h1-20,22-25H,21H2. The van der Waals surface area contributed by atoms with Crippen molar-refractivity contribution < 1.29 is 0 Å². The van der Waals surface area contributed by atoms with Crippen LogP contribution in [0.25, 0.3) is 64.3 Å². The van der Waals surface area contributed by atoms with E-state index in [-0.39, 0.29) is 0 Å². The number of hydrogen-bond donors (Lipinski definition) is 0. The maximum Gasteiger partial charge on any atom is 0.0562 e. The van der Waals surface area contributed by atoms with Gasteiger partial charge in [-0.15, -0.1) is 11.3 Å². The maximum absolute atomic E-state index is 2.46. The van der Waals surface area contributed by atoms with Gasteiger partial charge in [-0.2, -0.15) is 0 Å². The smallest absolute Gasteiger partial charge is 0.0562 e. The molecule has 6 aromatic carbocycles. The summed E-state index contributed by atoms with van der Waals surface area (Å²) in [6, 6.07) is 51.0. The summed E-state index contributed by atoms with van der Waals surface area (Å²) in [5, 5.41) is 6.50. The highest BCUT2D eigenvalue weighted by atomic mass is 32.1. The molecule has 42 heavy (non-hydrogen) atoms. The lowest BCUT2D eigenvalue weighted by Crippen LogP contribution is -1.96. The number of rotatable bonds is 4. The molecule has 0 spiro atoms. The van der Waals surface area contributed by atoms with Crippen LogP contribution < -0.4 is 0 Å². The molecule has 3 aromatic heterocycles. The van der Waals surface area contributed by atoms with Crippen molar-refractivity contribution in [1.29, 1.82) is 0 Å². The predicted octanol–water partition coefficient (Wildman–Crippen LogP) is 10.7. The van der Waals surface area contributed by atoms with Crippen molar-refractivity contribution in [3.63, 3.8) is 0 Å². The minimum absolute atomic E-state index is 0.932. The molecular formula is C39H26N2S. The zero-order chi connectivity index (χ0) is 27.6. The second-order valence-corrected chi connectivity index (χ2v) is 12.2.